The molecule has 3 N–H and O–H groups in total. The van der Waals surface area contributed by atoms with Gasteiger partial charge in [-0.15, -0.1) is 0 Å². The number of sulfonamides is 1. The number of hydrogen-bond donors (Lipinski definition) is 2. The molecule has 4 aromatic rings. The van der Waals surface area contributed by atoms with Crippen LogP contribution in [0.2, 0.25) is 0 Å². The lowest BCUT2D eigenvalue weighted by Crippen LogP contribution is -2.14. The zero-order valence-electron chi connectivity index (χ0n) is 16.7. The van der Waals surface area contributed by atoms with E-state index >= 15 is 0 Å². The quantitative estimate of drug-likeness (QED) is 0.506. The second-order valence-corrected chi connectivity index (χ2v) is 8.49. The number of rotatable bonds is 5. The third-order valence-electron chi connectivity index (χ3n) is 4.85. The molecule has 2 aromatic carbocycles. The van der Waals surface area contributed by atoms with Crippen LogP contribution in [0.5, 0.6) is 0 Å². The van der Waals surface area contributed by atoms with Gasteiger partial charge in [-0.2, -0.15) is 10.1 Å². The molecule has 0 amide bonds. The number of hydrogen-bond acceptors (Lipinski definition) is 7. The topological polar surface area (TPSA) is 119 Å². The number of nitrogens with two attached hydrogens (primary N) is 1. The van der Waals surface area contributed by atoms with Crippen molar-refractivity contribution < 1.29 is 8.42 Å². The van der Waals surface area contributed by atoms with Gasteiger partial charge in [0.2, 0.25) is 16.0 Å². The molecule has 0 saturated heterocycles. The van der Waals surface area contributed by atoms with Gasteiger partial charge in [0.25, 0.3) is 0 Å². The molecule has 2 aromatic heterocycles. The lowest BCUT2D eigenvalue weighted by molar-refractivity contribution is 0.597. The van der Waals surface area contributed by atoms with E-state index in [9.17, 15) is 8.42 Å². The summed E-state index contributed by atoms with van der Waals surface area (Å²) >= 11 is 0. The summed E-state index contributed by atoms with van der Waals surface area (Å²) in [6.45, 7) is 1.69. The fourth-order valence-corrected chi connectivity index (χ4v) is 4.01. The molecule has 0 fully saturated rings. The normalized spacial score (nSPS) is 11.6. The molecule has 0 aliphatic carbocycles. The Bertz CT molecular complexity index is 1350. The Labute approximate surface area is 174 Å². The van der Waals surface area contributed by atoms with Crippen molar-refractivity contribution in [1.29, 1.82) is 0 Å². The molecule has 0 aliphatic rings. The van der Waals surface area contributed by atoms with Crippen LogP contribution < -0.4 is 15.4 Å². The maximum absolute atomic E-state index is 11.8. The molecule has 4 rings (SSSR count). The van der Waals surface area contributed by atoms with Crippen LogP contribution in [0.4, 0.5) is 23.1 Å². The van der Waals surface area contributed by atoms with Crippen LogP contribution in [0.1, 0.15) is 5.56 Å². The second-order valence-electron chi connectivity index (χ2n) is 6.96. The van der Waals surface area contributed by atoms with Crippen LogP contribution >= 0.6 is 0 Å². The van der Waals surface area contributed by atoms with Crippen molar-refractivity contribution in [3.05, 3.63) is 60.4 Å². The van der Waals surface area contributed by atoms with Crippen LogP contribution in [0, 0.1) is 6.92 Å². The molecular weight excluding hydrogens is 402 g/mol. The Morgan fingerprint density at radius 1 is 1.13 bits per heavy atom. The molecule has 0 spiro atoms. The van der Waals surface area contributed by atoms with Crippen molar-refractivity contribution in [2.45, 2.75) is 11.8 Å². The van der Waals surface area contributed by atoms with E-state index in [1.165, 1.54) is 6.07 Å². The molecule has 0 unspecified atom stereocenters. The van der Waals surface area contributed by atoms with Crippen molar-refractivity contribution in [2.24, 2.45) is 12.2 Å². The number of primary sulfonamides is 1. The summed E-state index contributed by atoms with van der Waals surface area (Å²) in [4.78, 5) is 10.8. The van der Waals surface area contributed by atoms with Crippen LogP contribution in [0.15, 0.2) is 59.8 Å². The summed E-state index contributed by atoms with van der Waals surface area (Å²) in [6, 6.07) is 12.7. The number of fused-ring (bicyclic) bond motifs is 1. The van der Waals surface area contributed by atoms with Crippen LogP contribution in [0.3, 0.4) is 0 Å². The minimum absolute atomic E-state index is 0.0607. The summed E-state index contributed by atoms with van der Waals surface area (Å²) in [7, 11) is -0.00346. The lowest BCUT2D eigenvalue weighted by atomic mass is 10.2. The van der Waals surface area contributed by atoms with Crippen molar-refractivity contribution in [2.75, 3.05) is 17.3 Å². The zero-order chi connectivity index (χ0) is 21.5. The van der Waals surface area contributed by atoms with E-state index in [0.717, 1.165) is 16.6 Å². The predicted octanol–water partition coefficient (Wildman–Crippen LogP) is 2.83. The van der Waals surface area contributed by atoms with Gasteiger partial charge in [-0.05, 0) is 48.9 Å². The average Bonchev–Trinajstić information content (AvgIpc) is 3.08. The number of aryl methyl sites for hydroxylation is 2. The van der Waals surface area contributed by atoms with E-state index in [0.29, 0.717) is 23.0 Å². The molecule has 0 bridgehead atoms. The molecule has 2 heterocycles. The molecular formula is C20H21N7O2S. The smallest absolute Gasteiger partial charge is 0.238 e. The highest BCUT2D eigenvalue weighted by atomic mass is 32.2. The molecule has 9 nitrogen and oxygen atoms in total. The van der Waals surface area contributed by atoms with Gasteiger partial charge in [-0.25, -0.2) is 18.5 Å². The van der Waals surface area contributed by atoms with E-state index in [4.69, 9.17) is 5.14 Å². The van der Waals surface area contributed by atoms with Gasteiger partial charge in [0, 0.05) is 37.1 Å². The molecule has 0 aliphatic heterocycles. The van der Waals surface area contributed by atoms with E-state index in [1.807, 2.05) is 48.1 Å². The number of anilines is 4. The largest absolute Gasteiger partial charge is 0.329 e. The standard InChI is InChI=1S/C20H21N7O2S/c1-13-4-5-15(11-18(13)30(21,28)29)24-20-22-9-8-19(25-20)26(2)16-6-7-17-14(10-16)12-23-27(17)3/h4-12H,1-3H3,(H2,21,28,29)(H,22,24,25). The van der Waals surface area contributed by atoms with Crippen LogP contribution in [-0.4, -0.2) is 35.2 Å². The van der Waals surface area contributed by atoms with Gasteiger partial charge >= 0.3 is 0 Å². The van der Waals surface area contributed by atoms with Crippen molar-refractivity contribution >= 4 is 44.1 Å². The summed E-state index contributed by atoms with van der Waals surface area (Å²) in [6.07, 6.45) is 3.46. The van der Waals surface area contributed by atoms with E-state index < -0.39 is 10.0 Å². The Hall–Kier alpha value is -3.50. The number of nitrogens with zero attached hydrogens (tertiary/aromatic N) is 5. The highest BCUT2D eigenvalue weighted by molar-refractivity contribution is 7.89. The van der Waals surface area contributed by atoms with Gasteiger partial charge in [-0.3, -0.25) is 4.68 Å². The van der Waals surface area contributed by atoms with Gasteiger partial charge in [0.15, 0.2) is 0 Å². The van der Waals surface area contributed by atoms with E-state index in [1.54, 1.807) is 31.3 Å². The van der Waals surface area contributed by atoms with Crippen molar-refractivity contribution in [3.8, 4) is 0 Å². The maximum Gasteiger partial charge on any atom is 0.238 e. The molecule has 0 atom stereocenters. The fourth-order valence-electron chi connectivity index (χ4n) is 3.20. The van der Waals surface area contributed by atoms with Gasteiger partial charge in [0.05, 0.1) is 16.6 Å². The third kappa shape index (κ3) is 3.82. The first-order chi connectivity index (χ1) is 14.2. The Morgan fingerprint density at radius 2 is 1.93 bits per heavy atom. The average molecular weight is 424 g/mol. The Balaban J connectivity index is 1.62. The Morgan fingerprint density at radius 3 is 2.70 bits per heavy atom. The van der Waals surface area contributed by atoms with E-state index in [-0.39, 0.29) is 4.90 Å². The Kier molecular flexibility index (Phi) is 4.88. The molecule has 10 heteroatoms. The third-order valence-corrected chi connectivity index (χ3v) is 5.91. The number of aromatic nitrogens is 4. The molecule has 154 valence electrons. The fraction of sp³-hybridized carbons (Fsp3) is 0.150. The molecule has 0 saturated carbocycles. The van der Waals surface area contributed by atoms with E-state index in [2.05, 4.69) is 20.4 Å². The highest BCUT2D eigenvalue weighted by Gasteiger charge is 2.13. The van der Waals surface area contributed by atoms with Crippen LogP contribution in [-0.2, 0) is 17.1 Å². The lowest BCUT2D eigenvalue weighted by Gasteiger charge is -2.19. The SMILES string of the molecule is Cc1ccc(Nc2nccc(N(C)c3ccc4c(cnn4C)c3)n2)cc1S(N)(=O)=O. The van der Waals surface area contributed by atoms with Gasteiger partial charge < -0.3 is 10.2 Å². The summed E-state index contributed by atoms with van der Waals surface area (Å²) < 4.78 is 25.3. The first-order valence-electron chi connectivity index (χ1n) is 9.11. The monoisotopic (exact) mass is 423 g/mol. The first kappa shape index (κ1) is 19.8. The molecule has 0 radical (unpaired) electrons. The number of benzene rings is 2. The van der Waals surface area contributed by atoms with Gasteiger partial charge in [-0.1, -0.05) is 6.07 Å². The van der Waals surface area contributed by atoms with Crippen molar-refractivity contribution in [1.82, 2.24) is 19.7 Å². The van der Waals surface area contributed by atoms with Gasteiger partial charge in [0.1, 0.15) is 5.82 Å². The molecule has 30 heavy (non-hydrogen) atoms. The van der Waals surface area contributed by atoms with Crippen LogP contribution in [0.25, 0.3) is 10.9 Å². The maximum atomic E-state index is 11.8. The predicted molar refractivity (Wildman–Crippen MR) is 117 cm³/mol. The highest BCUT2D eigenvalue weighted by Crippen LogP contribution is 2.27. The second kappa shape index (κ2) is 7.39. The first-order valence-corrected chi connectivity index (χ1v) is 10.7. The summed E-state index contributed by atoms with van der Waals surface area (Å²) in [5.74, 6) is 1.01. The number of nitrogens with one attached hydrogen (secondary N) is 1. The van der Waals surface area contributed by atoms with Crippen molar-refractivity contribution in [3.63, 3.8) is 0 Å². The summed E-state index contributed by atoms with van der Waals surface area (Å²) in [5, 5.41) is 13.6. The minimum Gasteiger partial charge on any atom is -0.329 e. The minimum atomic E-state index is -3.82. The zero-order valence-corrected chi connectivity index (χ0v) is 17.6. The summed E-state index contributed by atoms with van der Waals surface area (Å²) in [5.41, 5.74) is 3.10.